The fourth-order valence-corrected chi connectivity index (χ4v) is 3.36. The molecule has 0 radical (unpaired) electrons. The van der Waals surface area contributed by atoms with Crippen molar-refractivity contribution in [3.8, 4) is 5.75 Å². The molecular weight excluding hydrogens is 394 g/mol. The van der Waals surface area contributed by atoms with Crippen molar-refractivity contribution in [3.63, 3.8) is 0 Å². The van der Waals surface area contributed by atoms with Crippen LogP contribution in [0.2, 0.25) is 0 Å². The fourth-order valence-electron chi connectivity index (χ4n) is 3.36. The lowest BCUT2D eigenvalue weighted by atomic mass is 9.83. The van der Waals surface area contributed by atoms with Gasteiger partial charge in [0, 0.05) is 0 Å². The largest absolute Gasteiger partial charge is 0.427 e. The van der Waals surface area contributed by atoms with Gasteiger partial charge in [-0.3, -0.25) is 0 Å². The summed E-state index contributed by atoms with van der Waals surface area (Å²) in [6, 6.07) is 3.06. The average Bonchev–Trinajstić information content (AvgIpc) is 2.66. The molecule has 0 amide bonds. The Kier molecular flexibility index (Phi) is 6.24. The number of halogens is 6. The number of rotatable bonds is 5. The highest BCUT2D eigenvalue weighted by atomic mass is 19.3. The zero-order valence-electron chi connectivity index (χ0n) is 15.7. The van der Waals surface area contributed by atoms with Gasteiger partial charge in [0.25, 0.3) is 0 Å². The molecule has 1 nitrogen and oxygen atoms in total. The number of allylic oxidation sites excluding steroid dienone is 1. The van der Waals surface area contributed by atoms with E-state index in [2.05, 4.69) is 11.7 Å². The van der Waals surface area contributed by atoms with Crippen molar-refractivity contribution in [3.05, 3.63) is 70.8 Å². The molecule has 0 unspecified atom stereocenters. The van der Waals surface area contributed by atoms with Crippen LogP contribution in [0.25, 0.3) is 6.08 Å². The number of benzene rings is 2. The first kappa shape index (κ1) is 21.3. The van der Waals surface area contributed by atoms with E-state index in [-0.39, 0.29) is 11.6 Å². The first-order valence-corrected chi connectivity index (χ1v) is 9.35. The van der Waals surface area contributed by atoms with Crippen LogP contribution in [0.1, 0.15) is 43.7 Å². The smallest absolute Gasteiger partial charge is 0.423 e. The summed E-state index contributed by atoms with van der Waals surface area (Å²) in [7, 11) is 0. The van der Waals surface area contributed by atoms with Crippen molar-refractivity contribution in [2.24, 2.45) is 11.8 Å². The normalized spacial score (nSPS) is 20.2. The summed E-state index contributed by atoms with van der Waals surface area (Å²) in [4.78, 5) is 0. The van der Waals surface area contributed by atoms with E-state index in [0.29, 0.717) is 24.0 Å². The molecule has 3 rings (SSSR count). The first-order chi connectivity index (χ1) is 13.7. The lowest BCUT2D eigenvalue weighted by molar-refractivity contribution is -0.188. The molecular formula is C22H20F6O. The Labute approximate surface area is 165 Å². The summed E-state index contributed by atoms with van der Waals surface area (Å²) < 4.78 is 87.2. The molecule has 0 atom stereocenters. The molecule has 156 valence electrons. The van der Waals surface area contributed by atoms with E-state index in [1.54, 1.807) is 6.08 Å². The first-order valence-electron chi connectivity index (χ1n) is 9.35. The van der Waals surface area contributed by atoms with Crippen molar-refractivity contribution in [2.75, 3.05) is 0 Å². The van der Waals surface area contributed by atoms with Gasteiger partial charge >= 0.3 is 6.11 Å². The van der Waals surface area contributed by atoms with Crippen molar-refractivity contribution in [2.45, 2.75) is 38.7 Å². The molecule has 0 aliphatic heterocycles. The molecule has 0 bridgehead atoms. The van der Waals surface area contributed by atoms with Crippen LogP contribution in [0, 0.1) is 35.1 Å². The van der Waals surface area contributed by atoms with Gasteiger partial charge in [0.15, 0.2) is 29.0 Å². The van der Waals surface area contributed by atoms with Gasteiger partial charge in [0.05, 0.1) is 5.56 Å². The van der Waals surface area contributed by atoms with Gasteiger partial charge < -0.3 is 4.74 Å². The van der Waals surface area contributed by atoms with E-state index in [0.717, 1.165) is 37.8 Å². The van der Waals surface area contributed by atoms with Crippen LogP contribution >= 0.6 is 0 Å². The molecule has 0 N–H and O–H groups in total. The standard InChI is InChI=1S/C22H20F6O/c1-13-2-4-14(5-3-13)6-7-15-10-19(25)21(20(26)11-15)29-22(27,28)16-8-9-17(23)18(24)12-16/h6-14H,2-5H2,1H3/b7-6+. The highest BCUT2D eigenvalue weighted by Gasteiger charge is 2.37. The topological polar surface area (TPSA) is 9.23 Å². The maximum atomic E-state index is 14.3. The van der Waals surface area contributed by atoms with Crippen LogP contribution in [0.3, 0.4) is 0 Å². The van der Waals surface area contributed by atoms with E-state index in [9.17, 15) is 26.3 Å². The summed E-state index contributed by atoms with van der Waals surface area (Å²) in [5.41, 5.74) is -0.882. The highest BCUT2D eigenvalue weighted by Crippen LogP contribution is 2.36. The Hall–Kier alpha value is -2.44. The lowest BCUT2D eigenvalue weighted by Crippen LogP contribution is -2.23. The quantitative estimate of drug-likeness (QED) is 0.470. The summed E-state index contributed by atoms with van der Waals surface area (Å²) in [6.07, 6.45) is 3.33. The molecule has 7 heteroatoms. The molecule has 1 fully saturated rings. The summed E-state index contributed by atoms with van der Waals surface area (Å²) in [6.45, 7) is 2.18. The zero-order valence-corrected chi connectivity index (χ0v) is 15.7. The predicted molar refractivity (Wildman–Crippen MR) is 97.4 cm³/mol. The molecule has 1 saturated carbocycles. The molecule has 29 heavy (non-hydrogen) atoms. The van der Waals surface area contributed by atoms with Crippen molar-refractivity contribution < 1.29 is 31.1 Å². The Morgan fingerprint density at radius 3 is 2.07 bits per heavy atom. The van der Waals surface area contributed by atoms with Crippen molar-refractivity contribution in [1.29, 1.82) is 0 Å². The maximum Gasteiger partial charge on any atom is 0.427 e. The molecule has 2 aromatic carbocycles. The van der Waals surface area contributed by atoms with Gasteiger partial charge in [-0.2, -0.15) is 8.78 Å². The van der Waals surface area contributed by atoms with E-state index in [4.69, 9.17) is 0 Å². The molecule has 1 aliphatic carbocycles. The van der Waals surface area contributed by atoms with Gasteiger partial charge in [-0.1, -0.05) is 31.9 Å². The Balaban J connectivity index is 1.77. The minimum Gasteiger partial charge on any atom is -0.423 e. The second-order valence-corrected chi connectivity index (χ2v) is 7.44. The van der Waals surface area contributed by atoms with Crippen molar-refractivity contribution in [1.82, 2.24) is 0 Å². The van der Waals surface area contributed by atoms with Gasteiger partial charge in [0.1, 0.15) is 0 Å². The third kappa shape index (κ3) is 5.14. The molecule has 0 saturated heterocycles. The Morgan fingerprint density at radius 2 is 1.48 bits per heavy atom. The fraction of sp³-hybridized carbons (Fsp3) is 0.364. The third-order valence-electron chi connectivity index (χ3n) is 5.13. The second-order valence-electron chi connectivity index (χ2n) is 7.44. The zero-order chi connectivity index (χ0) is 21.2. The summed E-state index contributed by atoms with van der Waals surface area (Å²) >= 11 is 0. The molecule has 2 aromatic rings. The monoisotopic (exact) mass is 414 g/mol. The average molecular weight is 414 g/mol. The van der Waals surface area contributed by atoms with Crippen LogP contribution in [-0.2, 0) is 6.11 Å². The van der Waals surface area contributed by atoms with Crippen LogP contribution < -0.4 is 4.74 Å². The second kappa shape index (κ2) is 8.51. The molecule has 1 aliphatic rings. The number of hydrogen-bond donors (Lipinski definition) is 0. The highest BCUT2D eigenvalue weighted by molar-refractivity contribution is 5.52. The third-order valence-corrected chi connectivity index (χ3v) is 5.13. The van der Waals surface area contributed by atoms with Crippen LogP contribution in [0.4, 0.5) is 26.3 Å². The number of ether oxygens (including phenoxy) is 1. The van der Waals surface area contributed by atoms with Crippen molar-refractivity contribution >= 4 is 6.08 Å². The van der Waals surface area contributed by atoms with E-state index in [1.807, 2.05) is 6.08 Å². The van der Waals surface area contributed by atoms with E-state index in [1.165, 1.54) is 0 Å². The maximum absolute atomic E-state index is 14.3. The summed E-state index contributed by atoms with van der Waals surface area (Å²) in [5.74, 6) is -5.79. The van der Waals surface area contributed by atoms with E-state index >= 15 is 0 Å². The van der Waals surface area contributed by atoms with Crippen LogP contribution in [0.15, 0.2) is 36.4 Å². The Bertz CT molecular complexity index is 877. The predicted octanol–water partition coefficient (Wildman–Crippen LogP) is 7.21. The van der Waals surface area contributed by atoms with E-state index < -0.39 is 40.7 Å². The SMILES string of the molecule is CC1CCC(/C=C/c2cc(F)c(OC(F)(F)c3ccc(F)c(F)c3)c(F)c2)CC1. The van der Waals surface area contributed by atoms with Gasteiger partial charge in [0.2, 0.25) is 0 Å². The molecule has 0 spiro atoms. The molecule has 0 heterocycles. The minimum absolute atomic E-state index is 0.183. The van der Waals surface area contributed by atoms with Crippen LogP contribution in [-0.4, -0.2) is 0 Å². The minimum atomic E-state index is -4.26. The number of hydrogen-bond acceptors (Lipinski definition) is 1. The van der Waals surface area contributed by atoms with Gasteiger partial charge in [-0.25, -0.2) is 17.6 Å². The van der Waals surface area contributed by atoms with Gasteiger partial charge in [-0.05, 0) is 60.6 Å². The number of alkyl halides is 2. The lowest BCUT2D eigenvalue weighted by Gasteiger charge is -2.23. The summed E-state index contributed by atoms with van der Waals surface area (Å²) in [5, 5.41) is 0. The van der Waals surface area contributed by atoms with Gasteiger partial charge in [-0.15, -0.1) is 0 Å². The molecule has 0 aromatic heterocycles. The van der Waals surface area contributed by atoms with Crippen LogP contribution in [0.5, 0.6) is 5.75 Å². The Morgan fingerprint density at radius 1 is 0.862 bits per heavy atom.